The van der Waals surface area contributed by atoms with E-state index in [4.69, 9.17) is 14.2 Å². The number of anilines is 2. The van der Waals surface area contributed by atoms with Crippen LogP contribution in [0.15, 0.2) is 60.8 Å². The highest BCUT2D eigenvalue weighted by Crippen LogP contribution is 2.38. The third-order valence-corrected chi connectivity index (χ3v) is 6.18. The molecule has 7 nitrogen and oxygen atoms in total. The summed E-state index contributed by atoms with van der Waals surface area (Å²) in [5.74, 6) is 0.829. The van der Waals surface area contributed by atoms with E-state index in [0.717, 1.165) is 16.8 Å². The maximum absolute atomic E-state index is 12.0. The van der Waals surface area contributed by atoms with Gasteiger partial charge in [0.1, 0.15) is 5.82 Å². The van der Waals surface area contributed by atoms with E-state index in [1.807, 2.05) is 54.6 Å². The van der Waals surface area contributed by atoms with Crippen LogP contribution in [0.3, 0.4) is 0 Å². The zero-order chi connectivity index (χ0) is 24.5. The Morgan fingerprint density at radius 3 is 2.21 bits per heavy atom. The molecule has 0 aliphatic rings. The number of methoxy groups -OCH3 is 3. The van der Waals surface area contributed by atoms with E-state index in [2.05, 4.69) is 22.9 Å². The third kappa shape index (κ3) is 6.57. The van der Waals surface area contributed by atoms with Crippen LogP contribution < -0.4 is 19.5 Å². The average Bonchev–Trinajstić information content (AvgIpc) is 2.86. The molecule has 2 aromatic carbocycles. The van der Waals surface area contributed by atoms with E-state index in [9.17, 15) is 9.90 Å². The van der Waals surface area contributed by atoms with Gasteiger partial charge < -0.3 is 24.6 Å². The number of aliphatic carboxylic acids is 1. The van der Waals surface area contributed by atoms with E-state index in [1.54, 1.807) is 27.5 Å². The van der Waals surface area contributed by atoms with Crippen LogP contribution in [0.1, 0.15) is 17.5 Å². The monoisotopic (exact) mass is 482 g/mol. The molecule has 0 aliphatic heterocycles. The Hall–Kier alpha value is -3.39. The number of ether oxygens (including phenoxy) is 3. The summed E-state index contributed by atoms with van der Waals surface area (Å²) >= 11 is 4.65. The van der Waals surface area contributed by atoms with Gasteiger partial charge in [-0.1, -0.05) is 24.3 Å². The molecule has 0 fully saturated rings. The molecule has 1 heterocycles. The molecule has 8 heteroatoms. The lowest BCUT2D eigenvalue weighted by atomic mass is 9.93. The number of hydrogen-bond acceptors (Lipinski definition) is 7. The lowest BCUT2D eigenvalue weighted by Gasteiger charge is -2.20. The number of nitrogens with zero attached hydrogens (tertiary/aromatic N) is 1. The predicted molar refractivity (Wildman–Crippen MR) is 136 cm³/mol. The van der Waals surface area contributed by atoms with Crippen molar-refractivity contribution in [2.24, 2.45) is 5.92 Å². The first-order valence-corrected chi connectivity index (χ1v) is 11.4. The van der Waals surface area contributed by atoms with Crippen molar-refractivity contribution in [1.82, 2.24) is 4.98 Å². The van der Waals surface area contributed by atoms with Crippen LogP contribution in [0.5, 0.6) is 17.2 Å². The van der Waals surface area contributed by atoms with E-state index >= 15 is 0 Å². The van der Waals surface area contributed by atoms with Crippen LogP contribution in [0.25, 0.3) is 0 Å². The van der Waals surface area contributed by atoms with Gasteiger partial charge in [-0.3, -0.25) is 4.79 Å². The van der Waals surface area contributed by atoms with Gasteiger partial charge in [-0.2, -0.15) is 12.6 Å². The standard InChI is InChI=1S/C26H30N2O5S/c1-31-21-14-17(15-22(32-2)25(21)33-3)9-11-23(34)20(26(29)30)13-18-10-12-24(27-16-18)28-19-7-5-4-6-8-19/h4-8,10,12,14-16,20,23,34H,9,11,13H2,1-3H3,(H,27,28)(H,29,30). The first kappa shape index (κ1) is 25.2. The van der Waals surface area contributed by atoms with Gasteiger partial charge in [-0.05, 0) is 60.7 Å². The maximum Gasteiger partial charge on any atom is 0.307 e. The third-order valence-electron chi connectivity index (χ3n) is 5.56. The van der Waals surface area contributed by atoms with Crippen molar-refractivity contribution in [3.8, 4) is 17.2 Å². The van der Waals surface area contributed by atoms with Gasteiger partial charge in [0.2, 0.25) is 5.75 Å². The Morgan fingerprint density at radius 2 is 1.68 bits per heavy atom. The van der Waals surface area contributed by atoms with E-state index in [0.29, 0.717) is 42.3 Å². The van der Waals surface area contributed by atoms with Crippen LogP contribution in [0.2, 0.25) is 0 Å². The fourth-order valence-corrected chi connectivity index (χ4v) is 4.09. The number of carbonyl (C=O) groups is 1. The molecule has 34 heavy (non-hydrogen) atoms. The van der Waals surface area contributed by atoms with Gasteiger partial charge in [0.15, 0.2) is 11.5 Å². The van der Waals surface area contributed by atoms with Gasteiger partial charge >= 0.3 is 5.97 Å². The minimum Gasteiger partial charge on any atom is -0.493 e. The van der Waals surface area contributed by atoms with Crippen molar-refractivity contribution in [2.75, 3.05) is 26.6 Å². The molecule has 3 aromatic rings. The second kappa shape index (κ2) is 12.2. The number of rotatable bonds is 12. The first-order chi connectivity index (χ1) is 16.4. The fourth-order valence-electron chi connectivity index (χ4n) is 3.73. The van der Waals surface area contributed by atoms with Crippen molar-refractivity contribution in [1.29, 1.82) is 0 Å². The highest BCUT2D eigenvalue weighted by Gasteiger charge is 2.26. The summed E-state index contributed by atoms with van der Waals surface area (Å²) in [4.78, 5) is 16.4. The smallest absolute Gasteiger partial charge is 0.307 e. The van der Waals surface area contributed by atoms with Crippen molar-refractivity contribution in [3.63, 3.8) is 0 Å². The van der Waals surface area contributed by atoms with Crippen molar-refractivity contribution in [2.45, 2.75) is 24.5 Å². The van der Waals surface area contributed by atoms with Crippen LogP contribution >= 0.6 is 12.6 Å². The van der Waals surface area contributed by atoms with Gasteiger partial charge in [0.05, 0.1) is 27.2 Å². The lowest BCUT2D eigenvalue weighted by molar-refractivity contribution is -0.141. The molecule has 0 saturated heterocycles. The molecular weight excluding hydrogens is 452 g/mol. The van der Waals surface area contributed by atoms with Crippen molar-refractivity contribution < 1.29 is 24.1 Å². The Labute approximate surface area is 205 Å². The Kier molecular flexibility index (Phi) is 9.04. The number of nitrogens with one attached hydrogen (secondary N) is 1. The van der Waals surface area contributed by atoms with Crippen LogP contribution in [-0.4, -0.2) is 42.6 Å². The number of carboxylic acids is 1. The molecule has 0 amide bonds. The summed E-state index contributed by atoms with van der Waals surface area (Å²) in [6.45, 7) is 0. The number of pyridine rings is 1. The van der Waals surface area contributed by atoms with E-state index in [-0.39, 0.29) is 5.25 Å². The summed E-state index contributed by atoms with van der Waals surface area (Å²) in [6.07, 6.45) is 3.24. The van der Waals surface area contributed by atoms with Gasteiger partial charge in [-0.15, -0.1) is 0 Å². The highest BCUT2D eigenvalue weighted by atomic mass is 32.1. The van der Waals surface area contributed by atoms with E-state index < -0.39 is 11.9 Å². The van der Waals surface area contributed by atoms with Gasteiger partial charge in [0, 0.05) is 17.1 Å². The predicted octanol–water partition coefficient (Wildman–Crippen LogP) is 5.03. The second-order valence-corrected chi connectivity index (χ2v) is 8.49. The zero-order valence-electron chi connectivity index (χ0n) is 19.5. The Balaban J connectivity index is 1.64. The largest absolute Gasteiger partial charge is 0.493 e. The number of hydrogen-bond donors (Lipinski definition) is 3. The van der Waals surface area contributed by atoms with Gasteiger partial charge in [-0.25, -0.2) is 4.98 Å². The molecule has 2 unspecified atom stereocenters. The first-order valence-electron chi connectivity index (χ1n) is 10.9. The fraction of sp³-hybridized carbons (Fsp3) is 0.308. The molecule has 2 atom stereocenters. The van der Waals surface area contributed by atoms with Crippen molar-refractivity contribution in [3.05, 3.63) is 71.9 Å². The summed E-state index contributed by atoms with van der Waals surface area (Å²) < 4.78 is 16.2. The second-order valence-electron chi connectivity index (χ2n) is 7.83. The number of aromatic nitrogens is 1. The van der Waals surface area contributed by atoms with Gasteiger partial charge in [0.25, 0.3) is 0 Å². The van der Waals surface area contributed by atoms with E-state index in [1.165, 1.54) is 0 Å². The molecule has 2 N–H and O–H groups in total. The maximum atomic E-state index is 12.0. The van der Waals surface area contributed by atoms with Crippen LogP contribution in [0, 0.1) is 5.92 Å². The number of carboxylic acid groups (broad SMARTS) is 1. The summed E-state index contributed by atoms with van der Waals surface area (Å²) in [5, 5.41) is 12.7. The molecule has 180 valence electrons. The normalized spacial score (nSPS) is 12.5. The van der Waals surface area contributed by atoms with Crippen molar-refractivity contribution >= 4 is 30.1 Å². The zero-order valence-corrected chi connectivity index (χ0v) is 20.4. The quantitative estimate of drug-likeness (QED) is 0.312. The molecule has 0 radical (unpaired) electrons. The summed E-state index contributed by atoms with van der Waals surface area (Å²) in [7, 11) is 4.69. The average molecular weight is 483 g/mol. The SMILES string of the molecule is COc1cc(CCC(S)C(Cc2ccc(Nc3ccccc3)nc2)C(=O)O)cc(OC)c1OC. The lowest BCUT2D eigenvalue weighted by Crippen LogP contribution is -2.27. The number of para-hydroxylation sites is 1. The summed E-state index contributed by atoms with van der Waals surface area (Å²) in [6, 6.07) is 17.2. The highest BCUT2D eigenvalue weighted by molar-refractivity contribution is 7.81. The minimum atomic E-state index is -0.878. The molecule has 3 rings (SSSR count). The van der Waals surface area contributed by atoms with Crippen LogP contribution in [0.4, 0.5) is 11.5 Å². The molecule has 0 spiro atoms. The molecule has 1 aromatic heterocycles. The molecular formula is C26H30N2O5S. The number of thiol groups is 1. The topological polar surface area (TPSA) is 89.9 Å². The Bertz CT molecular complexity index is 1050. The Morgan fingerprint density at radius 1 is 1.00 bits per heavy atom. The molecule has 0 aliphatic carbocycles. The number of benzene rings is 2. The molecule has 0 saturated carbocycles. The minimum absolute atomic E-state index is 0.345. The van der Waals surface area contributed by atoms with Crippen LogP contribution in [-0.2, 0) is 17.6 Å². The summed E-state index contributed by atoms with van der Waals surface area (Å²) in [5.41, 5.74) is 2.74. The number of aryl methyl sites for hydroxylation is 1. The molecule has 0 bridgehead atoms.